The maximum Gasteiger partial charge on any atom is 0.316 e. The van der Waals surface area contributed by atoms with E-state index in [9.17, 15) is 15.0 Å². The quantitative estimate of drug-likeness (QED) is 0.888. The Hall–Kier alpha value is -1.39. The molecule has 2 bridgehead atoms. The van der Waals surface area contributed by atoms with Crippen molar-refractivity contribution in [3.8, 4) is 0 Å². The summed E-state index contributed by atoms with van der Waals surface area (Å²) in [5, 5.41) is 19.9. The average Bonchev–Trinajstić information content (AvgIpc) is 2.71. The smallest absolute Gasteiger partial charge is 0.316 e. The highest BCUT2D eigenvalue weighted by molar-refractivity contribution is 5.82. The van der Waals surface area contributed by atoms with Gasteiger partial charge >= 0.3 is 5.97 Å². The maximum atomic E-state index is 12.1. The Balaban J connectivity index is 1.99. The Labute approximate surface area is 125 Å². The number of aliphatic hydroxyl groups excluding tert-OH is 1. The summed E-state index contributed by atoms with van der Waals surface area (Å²) in [5.74, 6) is -0.902. The van der Waals surface area contributed by atoms with Crippen molar-refractivity contribution in [1.29, 1.82) is 0 Å². The number of carbonyl (C=O) groups is 1. The van der Waals surface area contributed by atoms with Crippen molar-refractivity contribution in [2.75, 3.05) is 13.7 Å². The molecule has 1 aromatic carbocycles. The van der Waals surface area contributed by atoms with Crippen molar-refractivity contribution in [2.45, 2.75) is 43.2 Å². The largest absolute Gasteiger partial charge is 0.481 e. The first-order valence-corrected chi connectivity index (χ1v) is 7.71. The molecule has 21 heavy (non-hydrogen) atoms. The Morgan fingerprint density at radius 3 is 2.29 bits per heavy atom. The van der Waals surface area contributed by atoms with Crippen molar-refractivity contribution < 1.29 is 15.0 Å². The first kappa shape index (κ1) is 14.5. The number of benzene rings is 1. The number of nitrogens with zero attached hydrogens (tertiary/aromatic N) is 1. The van der Waals surface area contributed by atoms with Gasteiger partial charge in [0.2, 0.25) is 0 Å². The zero-order valence-corrected chi connectivity index (χ0v) is 12.4. The van der Waals surface area contributed by atoms with E-state index in [2.05, 4.69) is 11.9 Å². The van der Waals surface area contributed by atoms with Crippen LogP contribution in [0.5, 0.6) is 0 Å². The molecule has 0 saturated carbocycles. The van der Waals surface area contributed by atoms with Gasteiger partial charge in [-0.2, -0.15) is 0 Å². The number of hydrogen-bond acceptors (Lipinski definition) is 3. The number of fused-ring (bicyclic) bond motifs is 2. The van der Waals surface area contributed by atoms with Gasteiger partial charge in [0.25, 0.3) is 0 Å². The summed E-state index contributed by atoms with van der Waals surface area (Å²) in [7, 11) is 2.14. The van der Waals surface area contributed by atoms with E-state index in [1.165, 1.54) is 0 Å². The number of rotatable bonds is 4. The molecule has 0 aromatic heterocycles. The second-order valence-corrected chi connectivity index (χ2v) is 6.52. The zero-order chi connectivity index (χ0) is 15.0. The van der Waals surface area contributed by atoms with Gasteiger partial charge in [-0.25, -0.2) is 0 Å². The first-order valence-electron chi connectivity index (χ1n) is 7.71. The maximum absolute atomic E-state index is 12.1. The van der Waals surface area contributed by atoms with Gasteiger partial charge in [-0.3, -0.25) is 4.79 Å². The van der Waals surface area contributed by atoms with Crippen molar-refractivity contribution in [1.82, 2.24) is 4.90 Å². The fourth-order valence-electron chi connectivity index (χ4n) is 4.37. The van der Waals surface area contributed by atoms with Gasteiger partial charge in [0.15, 0.2) is 0 Å². The van der Waals surface area contributed by atoms with Crippen LogP contribution in [0.3, 0.4) is 0 Å². The van der Waals surface area contributed by atoms with E-state index in [0.29, 0.717) is 12.1 Å². The molecule has 1 aromatic rings. The molecule has 2 N–H and O–H groups in total. The second kappa shape index (κ2) is 5.43. The molecule has 0 spiro atoms. The molecule has 3 atom stereocenters. The number of aliphatic hydroxyl groups is 1. The lowest BCUT2D eigenvalue weighted by Crippen LogP contribution is -2.52. The van der Waals surface area contributed by atoms with Crippen molar-refractivity contribution >= 4 is 5.97 Å². The molecule has 0 aliphatic carbocycles. The summed E-state index contributed by atoms with van der Waals surface area (Å²) < 4.78 is 0. The fourth-order valence-corrected chi connectivity index (χ4v) is 4.37. The lowest BCUT2D eigenvalue weighted by molar-refractivity contribution is -0.150. The van der Waals surface area contributed by atoms with E-state index >= 15 is 0 Å². The van der Waals surface area contributed by atoms with Crippen LogP contribution >= 0.6 is 0 Å². The number of carboxylic acids is 1. The minimum absolute atomic E-state index is 0.00361. The van der Waals surface area contributed by atoms with Gasteiger partial charge in [0.05, 0.1) is 6.61 Å². The van der Waals surface area contributed by atoms with Crippen LogP contribution in [0.15, 0.2) is 30.3 Å². The second-order valence-electron chi connectivity index (χ2n) is 6.52. The van der Waals surface area contributed by atoms with Gasteiger partial charge < -0.3 is 15.1 Å². The molecule has 4 heteroatoms. The molecule has 2 saturated heterocycles. The van der Waals surface area contributed by atoms with Gasteiger partial charge in [-0.1, -0.05) is 30.3 Å². The minimum Gasteiger partial charge on any atom is -0.481 e. The van der Waals surface area contributed by atoms with E-state index in [4.69, 9.17) is 0 Å². The number of hydrogen-bond donors (Lipinski definition) is 2. The van der Waals surface area contributed by atoms with Crippen LogP contribution in [0.1, 0.15) is 31.2 Å². The molecule has 3 unspecified atom stereocenters. The third kappa shape index (κ3) is 2.17. The predicted octanol–water partition coefficient (Wildman–Crippen LogP) is 1.87. The Morgan fingerprint density at radius 1 is 1.24 bits per heavy atom. The minimum atomic E-state index is -1.16. The highest BCUT2D eigenvalue weighted by atomic mass is 16.4. The van der Waals surface area contributed by atoms with Crippen LogP contribution < -0.4 is 0 Å². The number of aliphatic carboxylic acids is 1. The van der Waals surface area contributed by atoms with Gasteiger partial charge in [0.1, 0.15) is 5.41 Å². The van der Waals surface area contributed by atoms with Crippen molar-refractivity contribution in [3.05, 3.63) is 35.9 Å². The third-order valence-electron chi connectivity index (χ3n) is 5.72. The summed E-state index contributed by atoms with van der Waals surface area (Å²) in [6.45, 7) is -0.333. The predicted molar refractivity (Wildman–Crippen MR) is 80.1 cm³/mol. The van der Waals surface area contributed by atoms with Crippen LogP contribution in [0.2, 0.25) is 0 Å². The number of carboxylic acid groups (broad SMARTS) is 1. The molecule has 2 aliphatic rings. The molecule has 3 rings (SSSR count). The molecule has 0 radical (unpaired) electrons. The molecule has 4 nitrogen and oxygen atoms in total. The van der Waals surface area contributed by atoms with Crippen LogP contribution in [0.4, 0.5) is 0 Å². The molecule has 114 valence electrons. The zero-order valence-electron chi connectivity index (χ0n) is 12.4. The Bertz CT molecular complexity index is 504. The standard InChI is InChI=1S/C17H23NO3/c1-18-14-7-8-15(18)10-13(9-14)17(11-19,16(20)21)12-5-3-2-4-6-12/h2-6,13-15,19H,7-11H2,1H3,(H,20,21). The molecular weight excluding hydrogens is 266 g/mol. The summed E-state index contributed by atoms with van der Waals surface area (Å²) in [5.41, 5.74) is -0.433. The summed E-state index contributed by atoms with van der Waals surface area (Å²) in [6.07, 6.45) is 4.00. The first-order chi connectivity index (χ1) is 10.1. The lowest BCUT2D eigenvalue weighted by atomic mass is 9.65. The fraction of sp³-hybridized carbons (Fsp3) is 0.588. The molecule has 2 heterocycles. The normalized spacial score (nSPS) is 31.8. The van der Waals surface area contributed by atoms with Gasteiger partial charge in [-0.15, -0.1) is 0 Å². The van der Waals surface area contributed by atoms with Crippen molar-refractivity contribution in [2.24, 2.45) is 5.92 Å². The van der Waals surface area contributed by atoms with E-state index in [1.807, 2.05) is 30.3 Å². The molecule has 2 aliphatic heterocycles. The molecule has 0 amide bonds. The molecule has 2 fully saturated rings. The van der Waals surface area contributed by atoms with Gasteiger partial charge in [-0.05, 0) is 44.2 Å². The van der Waals surface area contributed by atoms with Crippen LogP contribution in [-0.4, -0.2) is 46.8 Å². The van der Waals surface area contributed by atoms with E-state index in [-0.39, 0.29) is 12.5 Å². The van der Waals surface area contributed by atoms with Crippen LogP contribution in [0, 0.1) is 5.92 Å². The van der Waals surface area contributed by atoms with E-state index in [1.54, 1.807) is 0 Å². The number of piperidine rings is 1. The van der Waals surface area contributed by atoms with E-state index < -0.39 is 11.4 Å². The average molecular weight is 289 g/mol. The van der Waals surface area contributed by atoms with Crippen molar-refractivity contribution in [3.63, 3.8) is 0 Å². The Morgan fingerprint density at radius 2 is 1.81 bits per heavy atom. The highest BCUT2D eigenvalue weighted by Gasteiger charge is 2.52. The highest BCUT2D eigenvalue weighted by Crippen LogP contribution is 2.46. The summed E-state index contributed by atoms with van der Waals surface area (Å²) in [6, 6.07) is 10.2. The third-order valence-corrected chi connectivity index (χ3v) is 5.72. The van der Waals surface area contributed by atoms with Crippen LogP contribution in [-0.2, 0) is 10.2 Å². The SMILES string of the molecule is CN1C2CCC1CC(C(CO)(C(=O)O)c1ccccc1)C2. The summed E-state index contributed by atoms with van der Waals surface area (Å²) >= 11 is 0. The topological polar surface area (TPSA) is 60.8 Å². The molecular formula is C17H23NO3. The van der Waals surface area contributed by atoms with E-state index in [0.717, 1.165) is 31.2 Å². The Kier molecular flexibility index (Phi) is 3.76. The van der Waals surface area contributed by atoms with Crippen LogP contribution in [0.25, 0.3) is 0 Å². The monoisotopic (exact) mass is 289 g/mol. The summed E-state index contributed by atoms with van der Waals surface area (Å²) in [4.78, 5) is 14.5. The lowest BCUT2D eigenvalue weighted by Gasteiger charge is -2.44. The van der Waals surface area contributed by atoms with Gasteiger partial charge in [0, 0.05) is 12.1 Å².